The fraction of sp³-hybridized carbons (Fsp3) is 0.136. The summed E-state index contributed by atoms with van der Waals surface area (Å²) in [5, 5.41) is 23.7. The summed E-state index contributed by atoms with van der Waals surface area (Å²) in [6.45, 7) is 2.82. The van der Waals surface area contributed by atoms with Crippen molar-refractivity contribution in [2.75, 3.05) is 5.32 Å². The van der Waals surface area contributed by atoms with Gasteiger partial charge in [-0.3, -0.25) is 10.1 Å². The van der Waals surface area contributed by atoms with Gasteiger partial charge in [0.1, 0.15) is 6.33 Å². The zero-order valence-corrected chi connectivity index (χ0v) is 17.8. The number of benzene rings is 2. The lowest BCUT2D eigenvalue weighted by atomic mass is 10.1. The lowest BCUT2D eigenvalue weighted by Gasteiger charge is -2.02. The van der Waals surface area contributed by atoms with Crippen LogP contribution in [0.4, 0.5) is 5.95 Å². The van der Waals surface area contributed by atoms with Crippen molar-refractivity contribution in [3.05, 3.63) is 90.0 Å². The van der Waals surface area contributed by atoms with Crippen molar-refractivity contribution in [2.45, 2.75) is 20.1 Å². The summed E-state index contributed by atoms with van der Waals surface area (Å²) in [5.41, 5.74) is 3.38. The first kappa shape index (κ1) is 20.2. The maximum Gasteiger partial charge on any atom is 0.278 e. The molecule has 0 atom stereocenters. The van der Waals surface area contributed by atoms with E-state index in [9.17, 15) is 4.79 Å². The van der Waals surface area contributed by atoms with E-state index in [0.29, 0.717) is 12.4 Å². The minimum Gasteiger partial charge on any atom is -0.288 e. The van der Waals surface area contributed by atoms with E-state index in [2.05, 4.69) is 42.0 Å². The van der Waals surface area contributed by atoms with E-state index in [-0.39, 0.29) is 18.3 Å². The molecule has 3 aromatic heterocycles. The lowest BCUT2D eigenvalue weighted by Crippen LogP contribution is -2.16. The highest BCUT2D eigenvalue weighted by molar-refractivity contribution is 6.01. The summed E-state index contributed by atoms with van der Waals surface area (Å²) in [7, 11) is 0. The number of hydrogen-bond donors (Lipinski definition) is 1. The van der Waals surface area contributed by atoms with Crippen LogP contribution in [0.5, 0.6) is 0 Å². The summed E-state index contributed by atoms with van der Waals surface area (Å²) in [6.07, 6.45) is 3.25. The normalized spacial score (nSPS) is 10.9. The van der Waals surface area contributed by atoms with Gasteiger partial charge in [0.15, 0.2) is 12.4 Å². The van der Waals surface area contributed by atoms with Crippen molar-refractivity contribution in [2.24, 2.45) is 0 Å². The third-order valence-corrected chi connectivity index (χ3v) is 4.82. The van der Waals surface area contributed by atoms with Gasteiger partial charge < -0.3 is 0 Å². The Labute approximate surface area is 188 Å². The number of tetrazole rings is 1. The monoisotopic (exact) mass is 440 g/mol. The second-order valence-corrected chi connectivity index (χ2v) is 7.44. The molecular formula is C22H20N10O. The van der Waals surface area contributed by atoms with Crippen LogP contribution in [0, 0.1) is 6.92 Å². The van der Waals surface area contributed by atoms with Gasteiger partial charge >= 0.3 is 0 Å². The van der Waals surface area contributed by atoms with Crippen LogP contribution in [-0.2, 0) is 13.2 Å². The number of nitrogens with one attached hydrogen (secondary N) is 1. The Kier molecular flexibility index (Phi) is 5.42. The summed E-state index contributed by atoms with van der Waals surface area (Å²) in [4.78, 5) is 18.1. The number of anilines is 1. The lowest BCUT2D eigenvalue weighted by molar-refractivity contribution is 0.102. The highest BCUT2D eigenvalue weighted by atomic mass is 16.2. The molecule has 0 bridgehead atoms. The Morgan fingerprint density at radius 2 is 1.85 bits per heavy atom. The van der Waals surface area contributed by atoms with Crippen molar-refractivity contribution in [3.63, 3.8) is 0 Å². The van der Waals surface area contributed by atoms with Gasteiger partial charge in [-0.2, -0.15) is 5.10 Å². The Morgan fingerprint density at radius 3 is 2.70 bits per heavy atom. The smallest absolute Gasteiger partial charge is 0.278 e. The molecule has 0 saturated carbocycles. The minimum absolute atomic E-state index is 0.215. The highest BCUT2D eigenvalue weighted by Crippen LogP contribution is 2.12. The average molecular weight is 440 g/mol. The van der Waals surface area contributed by atoms with E-state index in [1.54, 1.807) is 28.0 Å². The van der Waals surface area contributed by atoms with E-state index in [1.165, 1.54) is 10.4 Å². The van der Waals surface area contributed by atoms with E-state index in [1.807, 2.05) is 55.5 Å². The molecule has 2 aromatic carbocycles. The molecule has 33 heavy (non-hydrogen) atoms. The minimum atomic E-state index is -0.404. The second-order valence-electron chi connectivity index (χ2n) is 7.44. The van der Waals surface area contributed by atoms with E-state index in [4.69, 9.17) is 0 Å². The standard InChI is InChI=1S/C22H20N10O/c1-16-6-5-7-17(12-16)13-31-14-23-22(28-31)24-21(33)19-10-11-30(26-19)15-32-27-20(25-29-32)18-8-3-2-4-9-18/h2-12,14H,13,15H2,1H3,(H,24,28,33). The van der Waals surface area contributed by atoms with Crippen LogP contribution in [0.1, 0.15) is 21.6 Å². The first-order chi connectivity index (χ1) is 16.1. The molecule has 0 unspecified atom stereocenters. The van der Waals surface area contributed by atoms with Crippen LogP contribution in [-0.4, -0.2) is 50.7 Å². The molecule has 11 nitrogen and oxygen atoms in total. The van der Waals surface area contributed by atoms with Gasteiger partial charge in [0, 0.05) is 11.8 Å². The second kappa shape index (κ2) is 8.83. The zero-order valence-electron chi connectivity index (χ0n) is 17.8. The number of hydrogen-bond acceptors (Lipinski definition) is 7. The van der Waals surface area contributed by atoms with Crippen LogP contribution in [0.15, 0.2) is 73.2 Å². The summed E-state index contributed by atoms with van der Waals surface area (Å²) >= 11 is 0. The van der Waals surface area contributed by atoms with E-state index < -0.39 is 5.91 Å². The van der Waals surface area contributed by atoms with Gasteiger partial charge in [0.2, 0.25) is 11.8 Å². The molecule has 0 aliphatic carbocycles. The molecule has 3 heterocycles. The number of aryl methyl sites for hydroxylation is 1. The number of aromatic nitrogens is 9. The molecule has 0 aliphatic rings. The van der Waals surface area contributed by atoms with Crippen molar-refractivity contribution < 1.29 is 4.79 Å². The Bertz CT molecular complexity index is 1380. The zero-order chi connectivity index (χ0) is 22.6. The third-order valence-electron chi connectivity index (χ3n) is 4.82. The van der Waals surface area contributed by atoms with Crippen molar-refractivity contribution in [1.82, 2.24) is 44.8 Å². The number of carbonyl (C=O) groups excluding carboxylic acids is 1. The maximum atomic E-state index is 12.6. The summed E-state index contributed by atoms with van der Waals surface area (Å²) in [5.74, 6) is 0.333. The van der Waals surface area contributed by atoms with Crippen molar-refractivity contribution in [3.8, 4) is 11.4 Å². The molecule has 0 aliphatic heterocycles. The first-order valence-electron chi connectivity index (χ1n) is 10.3. The van der Waals surface area contributed by atoms with E-state index >= 15 is 0 Å². The predicted octanol–water partition coefficient (Wildman–Crippen LogP) is 2.24. The van der Waals surface area contributed by atoms with E-state index in [0.717, 1.165) is 11.1 Å². The highest BCUT2D eigenvalue weighted by Gasteiger charge is 2.13. The molecular weight excluding hydrogens is 420 g/mol. The average Bonchev–Trinajstić information content (AvgIpc) is 3.57. The number of rotatable bonds is 7. The Balaban J connectivity index is 1.20. The van der Waals surface area contributed by atoms with Crippen molar-refractivity contribution >= 4 is 11.9 Å². The van der Waals surface area contributed by atoms with Crippen LogP contribution in [0.25, 0.3) is 11.4 Å². The fourth-order valence-electron chi connectivity index (χ4n) is 3.29. The quantitative estimate of drug-likeness (QED) is 0.412. The van der Waals surface area contributed by atoms with Crippen LogP contribution in [0.3, 0.4) is 0 Å². The molecule has 5 rings (SSSR count). The predicted molar refractivity (Wildman–Crippen MR) is 119 cm³/mol. The Hall–Kier alpha value is -4.67. The van der Waals surface area contributed by atoms with Crippen LogP contribution >= 0.6 is 0 Å². The molecule has 0 fully saturated rings. The number of carbonyl (C=O) groups is 1. The SMILES string of the molecule is Cc1cccc(Cn2cnc(NC(=O)c3ccn(Cn4nnc(-c5ccccc5)n4)n3)n2)c1. The molecule has 164 valence electrons. The molecule has 1 amide bonds. The molecule has 5 aromatic rings. The first-order valence-corrected chi connectivity index (χ1v) is 10.3. The van der Waals surface area contributed by atoms with Gasteiger partial charge in [0.05, 0.1) is 6.54 Å². The van der Waals surface area contributed by atoms with Crippen LogP contribution in [0.2, 0.25) is 0 Å². The number of nitrogens with zero attached hydrogens (tertiary/aromatic N) is 9. The summed E-state index contributed by atoms with van der Waals surface area (Å²) in [6, 6.07) is 19.3. The fourth-order valence-corrected chi connectivity index (χ4v) is 3.29. The molecule has 1 N–H and O–H groups in total. The van der Waals surface area contributed by atoms with Gasteiger partial charge in [-0.15, -0.1) is 20.1 Å². The topological polar surface area (TPSA) is 121 Å². The third kappa shape index (κ3) is 4.82. The van der Waals surface area contributed by atoms with Gasteiger partial charge in [-0.05, 0) is 23.8 Å². The number of amides is 1. The van der Waals surface area contributed by atoms with Crippen LogP contribution < -0.4 is 5.32 Å². The largest absolute Gasteiger partial charge is 0.288 e. The Morgan fingerprint density at radius 1 is 0.970 bits per heavy atom. The molecule has 0 spiro atoms. The van der Waals surface area contributed by atoms with Crippen molar-refractivity contribution in [1.29, 1.82) is 0 Å². The molecule has 11 heteroatoms. The molecule has 0 radical (unpaired) electrons. The van der Waals surface area contributed by atoms with Gasteiger partial charge in [0.25, 0.3) is 5.91 Å². The molecule has 0 saturated heterocycles. The maximum absolute atomic E-state index is 12.6. The summed E-state index contributed by atoms with van der Waals surface area (Å²) < 4.78 is 3.22. The van der Waals surface area contributed by atoms with Gasteiger partial charge in [-0.1, -0.05) is 60.2 Å². The van der Waals surface area contributed by atoms with Gasteiger partial charge in [-0.25, -0.2) is 14.3 Å².